The van der Waals surface area contributed by atoms with Crippen LogP contribution in [0.2, 0.25) is 0 Å². The molecule has 0 heterocycles. The van der Waals surface area contributed by atoms with E-state index in [9.17, 15) is 18.0 Å². The standard InChI is InChI=1S/C34H43N3O6S/c1-4-30(34(39)35-27-16-8-6-9-17-27)36(24-26-15-14-18-28(23-26)42-3)33(38)25-37(31-21-12-13-22-32(31)43-5-2)44(40,41)29-19-10-7-11-20-29/h7,10-15,18-23,27,30H,4-6,8-9,16-17,24-25H2,1-3H3,(H,35,39)/t30-/m1/s1. The van der Waals surface area contributed by atoms with E-state index in [1.807, 2.05) is 38.1 Å². The lowest BCUT2D eigenvalue weighted by atomic mass is 9.95. The molecule has 44 heavy (non-hydrogen) atoms. The highest BCUT2D eigenvalue weighted by Gasteiger charge is 2.35. The Labute approximate surface area is 261 Å². The fraction of sp³-hybridized carbons (Fsp3) is 0.412. The third kappa shape index (κ3) is 8.11. The second-order valence-corrected chi connectivity index (χ2v) is 12.7. The molecule has 3 aromatic carbocycles. The summed E-state index contributed by atoms with van der Waals surface area (Å²) in [4.78, 5) is 29.7. The molecule has 1 N–H and O–H groups in total. The van der Waals surface area contributed by atoms with Crippen LogP contribution in [-0.4, -0.2) is 57.5 Å². The van der Waals surface area contributed by atoms with Gasteiger partial charge in [0.25, 0.3) is 10.0 Å². The molecular formula is C34H43N3O6S. The number of para-hydroxylation sites is 2. The molecule has 1 aliphatic carbocycles. The molecule has 0 unspecified atom stereocenters. The summed E-state index contributed by atoms with van der Waals surface area (Å²) in [7, 11) is -2.63. The second-order valence-electron chi connectivity index (χ2n) is 10.9. The van der Waals surface area contributed by atoms with E-state index < -0.39 is 28.5 Å². The van der Waals surface area contributed by atoms with Crippen molar-refractivity contribution in [3.63, 3.8) is 0 Å². The summed E-state index contributed by atoms with van der Waals surface area (Å²) < 4.78 is 40.5. The van der Waals surface area contributed by atoms with Crippen molar-refractivity contribution < 1.29 is 27.5 Å². The Kier molecular flexibility index (Phi) is 11.7. The first kappa shape index (κ1) is 32.9. The number of hydrogen-bond acceptors (Lipinski definition) is 6. The van der Waals surface area contributed by atoms with Gasteiger partial charge >= 0.3 is 0 Å². The van der Waals surface area contributed by atoms with E-state index in [0.29, 0.717) is 24.5 Å². The molecule has 1 fully saturated rings. The van der Waals surface area contributed by atoms with Crippen LogP contribution in [0.3, 0.4) is 0 Å². The smallest absolute Gasteiger partial charge is 0.264 e. The third-order valence-corrected chi connectivity index (χ3v) is 9.64. The van der Waals surface area contributed by atoms with Gasteiger partial charge in [-0.15, -0.1) is 0 Å². The molecule has 0 spiro atoms. The quantitative estimate of drug-likeness (QED) is 0.253. The van der Waals surface area contributed by atoms with Crippen molar-refractivity contribution in [2.45, 2.75) is 75.9 Å². The molecule has 0 radical (unpaired) electrons. The van der Waals surface area contributed by atoms with Crippen molar-refractivity contribution in [3.8, 4) is 11.5 Å². The number of rotatable bonds is 14. The molecule has 9 nitrogen and oxygen atoms in total. The number of amides is 2. The summed E-state index contributed by atoms with van der Waals surface area (Å²) in [6.45, 7) is 3.55. The maximum absolute atomic E-state index is 14.4. The van der Waals surface area contributed by atoms with E-state index in [1.165, 1.54) is 17.0 Å². The minimum Gasteiger partial charge on any atom is -0.497 e. The van der Waals surface area contributed by atoms with Gasteiger partial charge in [-0.3, -0.25) is 13.9 Å². The van der Waals surface area contributed by atoms with Crippen molar-refractivity contribution >= 4 is 27.5 Å². The van der Waals surface area contributed by atoms with Crippen LogP contribution in [-0.2, 0) is 26.2 Å². The molecule has 2 amide bonds. The average Bonchev–Trinajstić information content (AvgIpc) is 3.05. The van der Waals surface area contributed by atoms with Crippen LogP contribution in [0.15, 0.2) is 83.8 Å². The van der Waals surface area contributed by atoms with Crippen LogP contribution in [0, 0.1) is 0 Å². The number of nitrogens with one attached hydrogen (secondary N) is 1. The molecule has 0 bridgehead atoms. The Balaban J connectivity index is 1.74. The minimum atomic E-state index is -4.20. The number of anilines is 1. The Morgan fingerprint density at radius 2 is 1.64 bits per heavy atom. The Morgan fingerprint density at radius 3 is 2.32 bits per heavy atom. The van der Waals surface area contributed by atoms with E-state index in [0.717, 1.165) is 42.0 Å². The van der Waals surface area contributed by atoms with Gasteiger partial charge in [-0.25, -0.2) is 8.42 Å². The van der Waals surface area contributed by atoms with Gasteiger partial charge in [-0.05, 0) is 68.1 Å². The molecule has 1 saturated carbocycles. The van der Waals surface area contributed by atoms with Crippen molar-refractivity contribution in [1.82, 2.24) is 10.2 Å². The summed E-state index contributed by atoms with van der Waals surface area (Å²) >= 11 is 0. The maximum atomic E-state index is 14.4. The van der Waals surface area contributed by atoms with Crippen molar-refractivity contribution in [2.24, 2.45) is 0 Å². The number of sulfonamides is 1. The fourth-order valence-electron chi connectivity index (χ4n) is 5.61. The van der Waals surface area contributed by atoms with Gasteiger partial charge in [0.1, 0.15) is 24.1 Å². The van der Waals surface area contributed by atoms with E-state index in [2.05, 4.69) is 5.32 Å². The van der Waals surface area contributed by atoms with Crippen LogP contribution in [0.1, 0.15) is 57.9 Å². The van der Waals surface area contributed by atoms with E-state index in [4.69, 9.17) is 9.47 Å². The number of methoxy groups -OCH3 is 1. The predicted octanol–water partition coefficient (Wildman–Crippen LogP) is 5.55. The van der Waals surface area contributed by atoms with Gasteiger partial charge in [0, 0.05) is 12.6 Å². The molecule has 3 aromatic rings. The van der Waals surface area contributed by atoms with E-state index >= 15 is 0 Å². The number of benzene rings is 3. The molecule has 236 valence electrons. The number of ether oxygens (including phenoxy) is 2. The predicted molar refractivity (Wildman–Crippen MR) is 171 cm³/mol. The topological polar surface area (TPSA) is 105 Å². The van der Waals surface area contributed by atoms with Gasteiger partial charge in [0.15, 0.2) is 0 Å². The summed E-state index contributed by atoms with van der Waals surface area (Å²) in [5.41, 5.74) is 1.00. The summed E-state index contributed by atoms with van der Waals surface area (Å²) in [6, 6.07) is 21.3. The summed E-state index contributed by atoms with van der Waals surface area (Å²) in [5, 5.41) is 3.17. The molecule has 0 saturated heterocycles. The van der Waals surface area contributed by atoms with Gasteiger partial charge < -0.3 is 19.7 Å². The zero-order valence-electron chi connectivity index (χ0n) is 25.8. The number of carbonyl (C=O) groups is 2. The molecule has 1 atom stereocenters. The van der Waals surface area contributed by atoms with Crippen LogP contribution in [0.5, 0.6) is 11.5 Å². The van der Waals surface area contributed by atoms with Gasteiger partial charge in [0.05, 0.1) is 24.3 Å². The van der Waals surface area contributed by atoms with Crippen molar-refractivity contribution in [2.75, 3.05) is 24.6 Å². The van der Waals surface area contributed by atoms with E-state index in [-0.39, 0.29) is 29.1 Å². The Hall–Kier alpha value is -4.05. The summed E-state index contributed by atoms with van der Waals surface area (Å²) in [6.07, 6.45) is 5.43. The molecule has 0 aliphatic heterocycles. The zero-order valence-corrected chi connectivity index (χ0v) is 26.6. The Morgan fingerprint density at radius 1 is 0.932 bits per heavy atom. The number of hydrogen-bond donors (Lipinski definition) is 1. The zero-order chi connectivity index (χ0) is 31.5. The average molecular weight is 622 g/mol. The summed E-state index contributed by atoms with van der Waals surface area (Å²) in [5.74, 6) is 0.212. The number of nitrogens with zero attached hydrogens (tertiary/aromatic N) is 2. The monoisotopic (exact) mass is 621 g/mol. The van der Waals surface area contributed by atoms with Gasteiger partial charge in [-0.2, -0.15) is 0 Å². The third-order valence-electron chi connectivity index (χ3n) is 7.87. The van der Waals surface area contributed by atoms with Crippen LogP contribution in [0.25, 0.3) is 0 Å². The highest BCUT2D eigenvalue weighted by atomic mass is 32.2. The van der Waals surface area contributed by atoms with Crippen LogP contribution < -0.4 is 19.1 Å². The Bertz CT molecular complexity index is 1490. The minimum absolute atomic E-state index is 0.0422. The lowest BCUT2D eigenvalue weighted by Gasteiger charge is -2.34. The molecular weight excluding hydrogens is 578 g/mol. The van der Waals surface area contributed by atoms with E-state index in [1.54, 1.807) is 49.6 Å². The van der Waals surface area contributed by atoms with Gasteiger partial charge in [-0.1, -0.05) is 68.7 Å². The highest BCUT2D eigenvalue weighted by molar-refractivity contribution is 7.92. The SMILES string of the molecule is CCOc1ccccc1N(CC(=O)N(Cc1cccc(OC)c1)[C@H](CC)C(=O)NC1CCCCC1)S(=O)(=O)c1ccccc1. The van der Waals surface area contributed by atoms with Crippen molar-refractivity contribution in [3.05, 3.63) is 84.4 Å². The lowest BCUT2D eigenvalue weighted by Crippen LogP contribution is -2.54. The molecule has 0 aromatic heterocycles. The normalized spacial score (nSPS) is 14.3. The first-order valence-corrected chi connectivity index (χ1v) is 16.7. The largest absolute Gasteiger partial charge is 0.497 e. The molecule has 1 aliphatic rings. The lowest BCUT2D eigenvalue weighted by molar-refractivity contribution is -0.140. The van der Waals surface area contributed by atoms with Crippen LogP contribution in [0.4, 0.5) is 5.69 Å². The first-order valence-electron chi connectivity index (χ1n) is 15.3. The fourth-order valence-corrected chi connectivity index (χ4v) is 7.05. The molecule has 4 rings (SSSR count). The maximum Gasteiger partial charge on any atom is 0.264 e. The van der Waals surface area contributed by atoms with Crippen molar-refractivity contribution in [1.29, 1.82) is 0 Å². The van der Waals surface area contributed by atoms with Gasteiger partial charge in [0.2, 0.25) is 11.8 Å². The van der Waals surface area contributed by atoms with Crippen LogP contribution >= 0.6 is 0 Å². The number of carbonyl (C=O) groups excluding carboxylic acids is 2. The first-order chi connectivity index (χ1) is 21.3. The second kappa shape index (κ2) is 15.6. The highest BCUT2D eigenvalue weighted by Crippen LogP contribution is 2.33. The molecule has 10 heteroatoms.